The number of rotatable bonds is 6. The van der Waals surface area contributed by atoms with Crippen LogP contribution in [0, 0.1) is 6.92 Å². The smallest absolute Gasteiger partial charge is 0.250 e. The summed E-state index contributed by atoms with van der Waals surface area (Å²) in [5.74, 6) is 0.899. The van der Waals surface area contributed by atoms with Gasteiger partial charge in [-0.1, -0.05) is 24.3 Å². The summed E-state index contributed by atoms with van der Waals surface area (Å²) >= 11 is 0. The first-order valence-electron chi connectivity index (χ1n) is 6.62. The summed E-state index contributed by atoms with van der Waals surface area (Å²) in [6.45, 7) is 3.40. The third-order valence-electron chi connectivity index (χ3n) is 3.06. The fourth-order valence-corrected chi connectivity index (χ4v) is 1.99. The molecule has 1 heterocycles. The van der Waals surface area contributed by atoms with Crippen molar-refractivity contribution in [3.8, 4) is 5.75 Å². The molecule has 0 fully saturated rings. The van der Waals surface area contributed by atoms with Crippen molar-refractivity contribution in [1.29, 1.82) is 0 Å². The second-order valence-corrected chi connectivity index (χ2v) is 4.53. The Labute approximate surface area is 113 Å². The largest absolute Gasteiger partial charge is 0.494 e. The Hall–Kier alpha value is -2.03. The van der Waals surface area contributed by atoms with E-state index in [4.69, 9.17) is 4.74 Å². The molecule has 1 aromatic heterocycles. The summed E-state index contributed by atoms with van der Waals surface area (Å²) in [5, 5.41) is 0. The zero-order valence-electron chi connectivity index (χ0n) is 11.2. The Morgan fingerprint density at radius 2 is 1.79 bits per heavy atom. The minimum atomic E-state index is 0.0731. The molecule has 0 saturated heterocycles. The zero-order valence-corrected chi connectivity index (χ0v) is 11.2. The van der Waals surface area contributed by atoms with E-state index in [1.54, 1.807) is 12.1 Å². The van der Waals surface area contributed by atoms with Gasteiger partial charge in [0.05, 0.1) is 6.61 Å². The molecule has 0 N–H and O–H groups in total. The average molecular weight is 257 g/mol. The lowest BCUT2D eigenvalue weighted by Gasteiger charge is -2.09. The standard InChI is InChI=1S/C16H19NO2/c1-14-8-7-11-16(18)17(14)12-5-6-13-19-15-9-3-2-4-10-15/h2-4,7-11H,5-6,12-13H2,1H3. The average Bonchev–Trinajstić information content (AvgIpc) is 2.42. The molecular weight excluding hydrogens is 238 g/mol. The number of benzene rings is 1. The van der Waals surface area contributed by atoms with E-state index < -0.39 is 0 Å². The van der Waals surface area contributed by atoms with Crippen LogP contribution < -0.4 is 10.3 Å². The summed E-state index contributed by atoms with van der Waals surface area (Å²) in [5.41, 5.74) is 1.08. The first-order valence-corrected chi connectivity index (χ1v) is 6.62. The number of hydrogen-bond donors (Lipinski definition) is 0. The van der Waals surface area contributed by atoms with Gasteiger partial charge in [0.15, 0.2) is 0 Å². The highest BCUT2D eigenvalue weighted by Gasteiger charge is 1.99. The lowest BCUT2D eigenvalue weighted by atomic mass is 10.3. The number of ether oxygens (including phenoxy) is 1. The zero-order chi connectivity index (χ0) is 13.5. The molecular formula is C16H19NO2. The van der Waals surface area contributed by atoms with Crippen molar-refractivity contribution < 1.29 is 4.74 Å². The molecule has 0 amide bonds. The van der Waals surface area contributed by atoms with E-state index >= 15 is 0 Å². The van der Waals surface area contributed by atoms with Crippen LogP contribution in [0.5, 0.6) is 5.75 Å². The molecule has 0 radical (unpaired) electrons. The quantitative estimate of drug-likeness (QED) is 0.745. The predicted octanol–water partition coefficient (Wildman–Crippen LogP) is 3.02. The molecule has 19 heavy (non-hydrogen) atoms. The number of hydrogen-bond acceptors (Lipinski definition) is 2. The summed E-state index contributed by atoms with van der Waals surface area (Å²) < 4.78 is 7.43. The van der Waals surface area contributed by atoms with E-state index in [2.05, 4.69) is 0 Å². The normalized spacial score (nSPS) is 10.4. The second-order valence-electron chi connectivity index (χ2n) is 4.53. The van der Waals surface area contributed by atoms with E-state index in [1.165, 1.54) is 0 Å². The summed E-state index contributed by atoms with van der Waals surface area (Å²) in [6.07, 6.45) is 1.88. The Balaban J connectivity index is 1.74. The molecule has 1 aromatic carbocycles. The van der Waals surface area contributed by atoms with Crippen molar-refractivity contribution in [1.82, 2.24) is 4.57 Å². The number of nitrogens with zero attached hydrogens (tertiary/aromatic N) is 1. The van der Waals surface area contributed by atoms with Crippen LogP contribution in [-0.2, 0) is 6.54 Å². The number of unbranched alkanes of at least 4 members (excludes halogenated alkanes) is 1. The van der Waals surface area contributed by atoms with Crippen LogP contribution in [0.2, 0.25) is 0 Å². The maximum Gasteiger partial charge on any atom is 0.250 e. The van der Waals surface area contributed by atoms with E-state index in [0.717, 1.165) is 30.8 Å². The highest BCUT2D eigenvalue weighted by Crippen LogP contribution is 2.09. The van der Waals surface area contributed by atoms with E-state index in [0.29, 0.717) is 6.61 Å². The van der Waals surface area contributed by atoms with E-state index in [-0.39, 0.29) is 5.56 Å². The lowest BCUT2D eigenvalue weighted by Crippen LogP contribution is -2.21. The van der Waals surface area contributed by atoms with Gasteiger partial charge < -0.3 is 9.30 Å². The van der Waals surface area contributed by atoms with Crippen LogP contribution in [0.15, 0.2) is 53.3 Å². The van der Waals surface area contributed by atoms with Crippen molar-refractivity contribution in [2.75, 3.05) is 6.61 Å². The lowest BCUT2D eigenvalue weighted by molar-refractivity contribution is 0.302. The monoisotopic (exact) mass is 257 g/mol. The number of pyridine rings is 1. The van der Waals surface area contributed by atoms with Crippen LogP contribution in [0.25, 0.3) is 0 Å². The van der Waals surface area contributed by atoms with Gasteiger partial charge >= 0.3 is 0 Å². The number of aromatic nitrogens is 1. The molecule has 100 valence electrons. The Morgan fingerprint density at radius 3 is 2.53 bits per heavy atom. The van der Waals surface area contributed by atoms with Crippen molar-refractivity contribution in [3.63, 3.8) is 0 Å². The van der Waals surface area contributed by atoms with Gasteiger partial charge in [-0.25, -0.2) is 0 Å². The van der Waals surface area contributed by atoms with Crippen molar-refractivity contribution in [2.24, 2.45) is 0 Å². The van der Waals surface area contributed by atoms with Gasteiger partial charge in [0, 0.05) is 18.3 Å². The highest BCUT2D eigenvalue weighted by molar-refractivity contribution is 5.20. The fourth-order valence-electron chi connectivity index (χ4n) is 1.99. The van der Waals surface area contributed by atoms with E-state index in [1.807, 2.05) is 47.9 Å². The molecule has 0 unspecified atom stereocenters. The SMILES string of the molecule is Cc1cccc(=O)n1CCCCOc1ccccc1. The molecule has 0 aliphatic heterocycles. The molecule has 0 atom stereocenters. The van der Waals surface area contributed by atoms with Crippen molar-refractivity contribution >= 4 is 0 Å². The first-order chi connectivity index (χ1) is 9.27. The number of aryl methyl sites for hydroxylation is 1. The Kier molecular flexibility index (Phi) is 4.78. The minimum Gasteiger partial charge on any atom is -0.494 e. The van der Waals surface area contributed by atoms with Gasteiger partial charge in [-0.2, -0.15) is 0 Å². The van der Waals surface area contributed by atoms with Gasteiger partial charge in [0.2, 0.25) is 0 Å². The third kappa shape index (κ3) is 3.98. The van der Waals surface area contributed by atoms with Crippen molar-refractivity contribution in [3.05, 3.63) is 64.6 Å². The van der Waals surface area contributed by atoms with E-state index in [9.17, 15) is 4.79 Å². The molecule has 2 rings (SSSR count). The van der Waals surface area contributed by atoms with Gasteiger partial charge in [0.25, 0.3) is 5.56 Å². The molecule has 0 spiro atoms. The maximum absolute atomic E-state index is 11.7. The van der Waals surface area contributed by atoms with Gasteiger partial charge in [-0.15, -0.1) is 0 Å². The van der Waals surface area contributed by atoms with Crippen LogP contribution in [0.4, 0.5) is 0 Å². The molecule has 0 aliphatic carbocycles. The molecule has 2 aromatic rings. The maximum atomic E-state index is 11.7. The molecule has 0 bridgehead atoms. The predicted molar refractivity (Wildman–Crippen MR) is 76.6 cm³/mol. The van der Waals surface area contributed by atoms with Gasteiger partial charge in [0.1, 0.15) is 5.75 Å². The molecule has 0 aliphatic rings. The number of para-hydroxylation sites is 1. The Morgan fingerprint density at radius 1 is 1.00 bits per heavy atom. The fraction of sp³-hybridized carbons (Fsp3) is 0.312. The van der Waals surface area contributed by atoms with Crippen molar-refractivity contribution in [2.45, 2.75) is 26.3 Å². The minimum absolute atomic E-state index is 0.0731. The molecule has 3 heteroatoms. The Bertz CT molecular complexity index is 560. The van der Waals surface area contributed by atoms with Gasteiger partial charge in [-0.05, 0) is 38.0 Å². The summed E-state index contributed by atoms with van der Waals surface area (Å²) in [7, 11) is 0. The van der Waals surface area contributed by atoms with Gasteiger partial charge in [-0.3, -0.25) is 4.79 Å². The summed E-state index contributed by atoms with van der Waals surface area (Å²) in [6, 6.07) is 15.2. The van der Waals surface area contributed by atoms with Crippen LogP contribution in [0.1, 0.15) is 18.5 Å². The van der Waals surface area contributed by atoms with Crippen LogP contribution >= 0.6 is 0 Å². The topological polar surface area (TPSA) is 31.2 Å². The molecule has 3 nitrogen and oxygen atoms in total. The summed E-state index contributed by atoms with van der Waals surface area (Å²) in [4.78, 5) is 11.7. The molecule has 0 saturated carbocycles. The van der Waals surface area contributed by atoms with Crippen LogP contribution in [0.3, 0.4) is 0 Å². The first kappa shape index (κ1) is 13.4. The van der Waals surface area contributed by atoms with Crippen LogP contribution in [-0.4, -0.2) is 11.2 Å². The third-order valence-corrected chi connectivity index (χ3v) is 3.06. The second kappa shape index (κ2) is 6.78. The highest BCUT2D eigenvalue weighted by atomic mass is 16.5.